The molecule has 0 atom stereocenters. The van der Waals surface area contributed by atoms with Crippen LogP contribution >= 0.6 is 23.7 Å². The van der Waals surface area contributed by atoms with Gasteiger partial charge in [-0.15, -0.1) is 0 Å². The minimum Gasteiger partial charge on any atom is -0.786 e. The molecule has 0 fully saturated rings. The van der Waals surface area contributed by atoms with E-state index in [1.165, 1.54) is 0 Å². The summed E-state index contributed by atoms with van der Waals surface area (Å²) in [6.45, 7) is 0. The quantitative estimate of drug-likeness (QED) is 0.289. The maximum atomic E-state index is 10.1. The Morgan fingerprint density at radius 1 is 0.588 bits per heavy atom. The van der Waals surface area contributed by atoms with Crippen molar-refractivity contribution >= 4 is 23.7 Å². The SMILES string of the molecule is O=P([O-])([O-])F.O=P([O-])([O-])F.O=P([O-])([O-])F.[K+].[V+5]. The molecule has 0 amide bonds. The van der Waals surface area contributed by atoms with Crippen LogP contribution in [0.4, 0.5) is 12.6 Å². The molecule has 96 valence electrons. The first-order valence-corrected chi connectivity index (χ1v) is 6.45. The smallest absolute Gasteiger partial charge is 0.786 e. The van der Waals surface area contributed by atoms with Gasteiger partial charge in [-0.05, 0) is 0 Å². The average molecular weight is 384 g/mol. The summed E-state index contributed by atoms with van der Waals surface area (Å²) in [5.41, 5.74) is 0. The zero-order valence-electron chi connectivity index (χ0n) is 7.60. The summed E-state index contributed by atoms with van der Waals surface area (Å²) in [6, 6.07) is 0. The third-order valence-electron chi connectivity index (χ3n) is 0. The molecule has 0 aliphatic rings. The van der Waals surface area contributed by atoms with Crippen LogP contribution < -0.4 is 80.7 Å². The van der Waals surface area contributed by atoms with E-state index in [4.69, 9.17) is 43.1 Å². The Labute approximate surface area is 147 Å². The molecule has 0 saturated carbocycles. The van der Waals surface area contributed by atoms with E-state index in [1.54, 1.807) is 0 Å². The Morgan fingerprint density at radius 2 is 0.588 bits per heavy atom. The molecule has 17 heavy (non-hydrogen) atoms. The molecule has 0 bridgehead atoms. The third-order valence-corrected chi connectivity index (χ3v) is 0. The molecule has 0 rings (SSSR count). The minimum absolute atomic E-state index is 0. The second-order valence-corrected chi connectivity index (χ2v) is 3.88. The molecule has 0 N–H and O–H groups in total. The Hall–Kier alpha value is 2.46. The largest absolute Gasteiger partial charge is 5.00 e. The number of rotatable bonds is 0. The summed E-state index contributed by atoms with van der Waals surface area (Å²) in [4.78, 5) is 50.6. The summed E-state index contributed by atoms with van der Waals surface area (Å²) in [5, 5.41) is 0. The van der Waals surface area contributed by atoms with Crippen LogP contribution in [0.3, 0.4) is 0 Å². The third kappa shape index (κ3) is 826. The molecule has 0 aromatic rings. The van der Waals surface area contributed by atoms with Gasteiger partial charge in [0.25, 0.3) is 0 Å². The zero-order chi connectivity index (χ0) is 13.5. The van der Waals surface area contributed by atoms with E-state index in [1.807, 2.05) is 0 Å². The number of hydrogen-bond donors (Lipinski definition) is 0. The van der Waals surface area contributed by atoms with Gasteiger partial charge in [-0.3, -0.25) is 0 Å². The van der Waals surface area contributed by atoms with Gasteiger partial charge in [-0.2, -0.15) is 0 Å². The van der Waals surface area contributed by atoms with Gasteiger partial charge in [0.1, 0.15) is 23.7 Å². The summed E-state index contributed by atoms with van der Waals surface area (Å²) in [7, 11) is -16.9. The summed E-state index contributed by atoms with van der Waals surface area (Å²) < 4.78 is 55.7. The van der Waals surface area contributed by atoms with Crippen molar-refractivity contribution in [1.29, 1.82) is 0 Å². The van der Waals surface area contributed by atoms with Gasteiger partial charge in [-0.25, -0.2) is 12.6 Å². The summed E-state index contributed by atoms with van der Waals surface area (Å²) in [5.74, 6) is 0. The van der Waals surface area contributed by atoms with Crippen molar-refractivity contribution in [3.8, 4) is 0 Å². The predicted molar refractivity (Wildman–Crippen MR) is 26.1 cm³/mol. The van der Waals surface area contributed by atoms with E-state index in [9.17, 15) is 12.6 Å². The van der Waals surface area contributed by atoms with Crippen LogP contribution in [0.15, 0.2) is 0 Å². The first-order chi connectivity index (χ1) is 6.00. The van der Waals surface area contributed by atoms with Crippen LogP contribution in [0.2, 0.25) is 0 Å². The Kier molecular flexibility index (Phi) is 25.1. The van der Waals surface area contributed by atoms with Gasteiger partial charge >= 0.3 is 69.9 Å². The van der Waals surface area contributed by atoms with Crippen molar-refractivity contribution in [2.24, 2.45) is 0 Å². The molecule has 0 heterocycles. The van der Waals surface area contributed by atoms with Crippen LogP contribution in [-0.2, 0) is 32.3 Å². The fourth-order valence-corrected chi connectivity index (χ4v) is 0. The van der Waals surface area contributed by atoms with Crippen LogP contribution in [-0.4, -0.2) is 0 Å². The predicted octanol–water partition coefficient (Wildman–Crippen LogP) is -6.64. The van der Waals surface area contributed by atoms with Gasteiger partial charge in [0, 0.05) is 0 Å². The first kappa shape index (κ1) is 31.7. The molecule has 0 spiro atoms. The number of halogens is 3. The van der Waals surface area contributed by atoms with E-state index in [0.29, 0.717) is 0 Å². The van der Waals surface area contributed by atoms with Crippen molar-refractivity contribution in [1.82, 2.24) is 0 Å². The summed E-state index contributed by atoms with van der Waals surface area (Å²) in [6.07, 6.45) is 0. The van der Waals surface area contributed by atoms with Crippen molar-refractivity contribution in [2.45, 2.75) is 0 Å². The second-order valence-electron chi connectivity index (χ2n) is 1.29. The maximum absolute atomic E-state index is 10.1. The molecule has 0 unspecified atom stereocenters. The van der Waals surface area contributed by atoms with Crippen molar-refractivity contribution in [2.75, 3.05) is 0 Å². The van der Waals surface area contributed by atoms with Crippen LogP contribution in [0.25, 0.3) is 0 Å². The molecule has 17 heteroatoms. The van der Waals surface area contributed by atoms with E-state index >= 15 is 0 Å². The van der Waals surface area contributed by atoms with Crippen molar-refractivity contribution in [3.05, 3.63) is 0 Å². The van der Waals surface area contributed by atoms with E-state index in [2.05, 4.69) is 0 Å². The Bertz CT molecular complexity index is 218. The van der Waals surface area contributed by atoms with Crippen molar-refractivity contribution < 1.29 is 126 Å². The fraction of sp³-hybridized carbons (Fsp3) is 0. The molecule has 0 aromatic carbocycles. The number of hydrogen-bond acceptors (Lipinski definition) is 9. The van der Waals surface area contributed by atoms with Gasteiger partial charge in [0.2, 0.25) is 0 Å². The van der Waals surface area contributed by atoms with Gasteiger partial charge in [0.15, 0.2) is 0 Å². The average Bonchev–Trinajstić information content (AvgIpc) is 1.41. The molecule has 0 saturated heterocycles. The van der Waals surface area contributed by atoms with E-state index in [-0.39, 0.29) is 69.9 Å². The molecular weight excluding hydrogens is 384 g/mol. The van der Waals surface area contributed by atoms with Gasteiger partial charge in [-0.1, -0.05) is 0 Å². The van der Waals surface area contributed by atoms with Gasteiger partial charge in [0.05, 0.1) is 0 Å². The summed E-state index contributed by atoms with van der Waals surface area (Å²) >= 11 is 0. The topological polar surface area (TPSA) is 190 Å². The van der Waals surface area contributed by atoms with E-state index < -0.39 is 23.7 Å². The normalized spacial score (nSPS) is 10.4. The molecule has 0 aliphatic heterocycles. The Balaban J connectivity index is -0.0000000400. The second kappa shape index (κ2) is 13.4. The zero-order valence-corrected chi connectivity index (χ0v) is 14.8. The molecular formula is F3KO9P3V. The molecule has 0 aliphatic carbocycles. The maximum Gasteiger partial charge on any atom is 5.00 e. The first-order valence-electron chi connectivity index (χ1n) is 2.15. The Morgan fingerprint density at radius 3 is 0.588 bits per heavy atom. The van der Waals surface area contributed by atoms with Crippen molar-refractivity contribution in [3.63, 3.8) is 0 Å². The van der Waals surface area contributed by atoms with E-state index in [0.717, 1.165) is 0 Å². The molecule has 0 aromatic heterocycles. The minimum atomic E-state index is -5.64. The fourth-order valence-electron chi connectivity index (χ4n) is 0. The van der Waals surface area contributed by atoms with Crippen LogP contribution in [0.1, 0.15) is 0 Å². The molecule has 9 nitrogen and oxygen atoms in total. The monoisotopic (exact) mass is 384 g/mol. The standard InChI is InChI=1S/3FH2O3P.K.V/c3*1-5(2,3)4;;/h3*(H2,2,3,4);;/q;;;+1;+5/p-6. The van der Waals surface area contributed by atoms with Gasteiger partial charge < -0.3 is 43.1 Å². The van der Waals surface area contributed by atoms with Crippen LogP contribution in [0.5, 0.6) is 0 Å². The van der Waals surface area contributed by atoms with Crippen LogP contribution in [0, 0.1) is 0 Å². The molecule has 0 radical (unpaired) electrons.